The van der Waals surface area contributed by atoms with Gasteiger partial charge in [0.05, 0.1) is 5.52 Å². The number of hydrogen-bond acceptors (Lipinski definition) is 3. The molecule has 0 bridgehead atoms. The number of hydrogen-bond donors (Lipinski definition) is 1. The second kappa shape index (κ2) is 8.42. The van der Waals surface area contributed by atoms with Crippen LogP contribution in [0.25, 0.3) is 21.7 Å². The molecule has 1 atom stereocenters. The third-order valence-corrected chi connectivity index (χ3v) is 6.12. The van der Waals surface area contributed by atoms with Crippen LogP contribution in [0.2, 0.25) is 0 Å². The fourth-order valence-corrected chi connectivity index (χ4v) is 4.40. The Labute approximate surface area is 187 Å². The van der Waals surface area contributed by atoms with Crippen molar-refractivity contribution in [3.63, 3.8) is 0 Å². The molecule has 1 saturated heterocycles. The number of aryl methyl sites for hydroxylation is 1. The van der Waals surface area contributed by atoms with E-state index in [1.807, 2.05) is 67.6 Å². The first-order valence-electron chi connectivity index (χ1n) is 11.0. The van der Waals surface area contributed by atoms with E-state index in [0.717, 1.165) is 34.5 Å². The number of nitrogens with one attached hydrogen (secondary N) is 1. The van der Waals surface area contributed by atoms with Crippen molar-refractivity contribution in [2.24, 2.45) is 0 Å². The number of carbonyl (C=O) groups is 2. The van der Waals surface area contributed by atoms with Crippen molar-refractivity contribution in [3.8, 4) is 0 Å². The molecule has 3 aromatic carbocycles. The second-order valence-corrected chi connectivity index (χ2v) is 8.52. The first-order chi connectivity index (χ1) is 15.6. The van der Waals surface area contributed by atoms with Crippen LogP contribution in [0.5, 0.6) is 0 Å². The van der Waals surface area contributed by atoms with Gasteiger partial charge in [0.15, 0.2) is 0 Å². The van der Waals surface area contributed by atoms with Crippen LogP contribution in [0, 0.1) is 6.92 Å². The lowest BCUT2D eigenvalue weighted by Crippen LogP contribution is -2.49. The summed E-state index contributed by atoms with van der Waals surface area (Å²) >= 11 is 0. The maximum Gasteiger partial charge on any atom is 0.272 e. The van der Waals surface area contributed by atoms with Crippen molar-refractivity contribution >= 4 is 33.5 Å². The topological polar surface area (TPSA) is 62.3 Å². The van der Waals surface area contributed by atoms with Crippen LogP contribution < -0.4 is 5.32 Å². The molecular weight excluding hydrogens is 398 g/mol. The quantitative estimate of drug-likeness (QED) is 0.518. The predicted octanol–water partition coefficient (Wildman–Crippen LogP) is 4.73. The molecule has 1 unspecified atom stereocenters. The molecular formula is C27H25N3O2. The first kappa shape index (κ1) is 20.2. The van der Waals surface area contributed by atoms with Gasteiger partial charge in [-0.1, -0.05) is 48.0 Å². The van der Waals surface area contributed by atoms with Crippen molar-refractivity contribution < 1.29 is 9.59 Å². The molecule has 0 spiro atoms. The van der Waals surface area contributed by atoms with Crippen LogP contribution in [0.1, 0.15) is 39.3 Å². The Morgan fingerprint density at radius 1 is 0.938 bits per heavy atom. The van der Waals surface area contributed by atoms with Crippen LogP contribution in [-0.4, -0.2) is 40.8 Å². The number of nitrogens with zero attached hydrogens (tertiary/aromatic N) is 2. The smallest absolute Gasteiger partial charge is 0.272 e. The third kappa shape index (κ3) is 4.06. The number of aromatic nitrogens is 1. The van der Waals surface area contributed by atoms with E-state index in [9.17, 15) is 9.59 Å². The van der Waals surface area contributed by atoms with Gasteiger partial charge in [0.25, 0.3) is 11.8 Å². The van der Waals surface area contributed by atoms with Gasteiger partial charge in [-0.2, -0.15) is 0 Å². The molecule has 2 amide bonds. The highest BCUT2D eigenvalue weighted by atomic mass is 16.2. The molecule has 1 aliphatic heterocycles. The maximum absolute atomic E-state index is 13.1. The molecule has 32 heavy (non-hydrogen) atoms. The summed E-state index contributed by atoms with van der Waals surface area (Å²) in [5, 5.41) is 6.30. The Balaban J connectivity index is 1.28. The summed E-state index contributed by atoms with van der Waals surface area (Å²) in [6.45, 7) is 3.21. The van der Waals surface area contributed by atoms with Crippen molar-refractivity contribution in [1.82, 2.24) is 15.2 Å². The van der Waals surface area contributed by atoms with E-state index in [2.05, 4.69) is 16.4 Å². The summed E-state index contributed by atoms with van der Waals surface area (Å²) in [4.78, 5) is 32.3. The molecule has 1 N–H and O–H groups in total. The Bertz CT molecular complexity index is 1330. The predicted molar refractivity (Wildman–Crippen MR) is 127 cm³/mol. The van der Waals surface area contributed by atoms with E-state index >= 15 is 0 Å². The zero-order valence-corrected chi connectivity index (χ0v) is 18.0. The number of fused-ring (bicyclic) bond motifs is 2. The molecule has 160 valence electrons. The molecule has 5 nitrogen and oxygen atoms in total. The highest BCUT2D eigenvalue weighted by Gasteiger charge is 2.26. The highest BCUT2D eigenvalue weighted by molar-refractivity contribution is 5.99. The molecule has 2 heterocycles. The van der Waals surface area contributed by atoms with Crippen LogP contribution >= 0.6 is 0 Å². The van der Waals surface area contributed by atoms with E-state index in [0.29, 0.717) is 24.3 Å². The average Bonchev–Trinajstić information content (AvgIpc) is 2.83. The number of piperidine rings is 1. The Morgan fingerprint density at radius 3 is 2.62 bits per heavy atom. The second-order valence-electron chi connectivity index (χ2n) is 8.52. The van der Waals surface area contributed by atoms with Gasteiger partial charge in [-0.3, -0.25) is 9.59 Å². The molecule has 1 aromatic heterocycles. The lowest BCUT2D eigenvalue weighted by atomic mass is 10.0. The summed E-state index contributed by atoms with van der Waals surface area (Å²) in [5.41, 5.74) is 3.07. The number of benzene rings is 3. The Hall–Kier alpha value is -3.73. The average molecular weight is 424 g/mol. The van der Waals surface area contributed by atoms with E-state index in [1.54, 1.807) is 11.0 Å². The van der Waals surface area contributed by atoms with Gasteiger partial charge in [0.2, 0.25) is 0 Å². The zero-order chi connectivity index (χ0) is 22.1. The van der Waals surface area contributed by atoms with Crippen LogP contribution in [0.3, 0.4) is 0 Å². The fraction of sp³-hybridized carbons (Fsp3) is 0.222. The standard InChI is InChI=1S/C27H25N3O2/c1-18-8-12-24-21(15-18)11-13-25(29-24)27(32)30-14-4-7-23(17-30)28-26(31)22-10-9-19-5-2-3-6-20(19)16-22/h2-3,5-6,8-13,15-16,23H,4,7,14,17H2,1H3,(H,28,31). The minimum Gasteiger partial charge on any atom is -0.348 e. The lowest BCUT2D eigenvalue weighted by molar-refractivity contribution is 0.0671. The van der Waals surface area contributed by atoms with Crippen molar-refractivity contribution in [2.45, 2.75) is 25.8 Å². The van der Waals surface area contributed by atoms with E-state index in [4.69, 9.17) is 0 Å². The minimum atomic E-state index is -0.103. The largest absolute Gasteiger partial charge is 0.348 e. The zero-order valence-electron chi connectivity index (χ0n) is 18.0. The minimum absolute atomic E-state index is 0.0743. The number of likely N-dealkylation sites (tertiary alicyclic amines) is 1. The third-order valence-electron chi connectivity index (χ3n) is 6.12. The molecule has 0 aliphatic carbocycles. The van der Waals surface area contributed by atoms with E-state index < -0.39 is 0 Å². The summed E-state index contributed by atoms with van der Waals surface area (Å²) < 4.78 is 0. The Morgan fingerprint density at radius 2 is 1.75 bits per heavy atom. The highest BCUT2D eigenvalue weighted by Crippen LogP contribution is 2.19. The van der Waals surface area contributed by atoms with Crippen molar-refractivity contribution in [2.75, 3.05) is 13.1 Å². The van der Waals surface area contributed by atoms with Gasteiger partial charge in [-0.25, -0.2) is 4.98 Å². The van der Waals surface area contributed by atoms with E-state index in [1.165, 1.54) is 5.56 Å². The summed E-state index contributed by atoms with van der Waals surface area (Å²) in [5.74, 6) is -0.189. The van der Waals surface area contributed by atoms with Gasteiger partial charge in [0, 0.05) is 30.1 Å². The molecule has 0 saturated carbocycles. The summed E-state index contributed by atoms with van der Waals surface area (Å²) in [7, 11) is 0. The van der Waals surface area contributed by atoms with Crippen molar-refractivity contribution in [3.05, 3.63) is 89.6 Å². The van der Waals surface area contributed by atoms with Crippen LogP contribution in [-0.2, 0) is 0 Å². The maximum atomic E-state index is 13.1. The van der Waals surface area contributed by atoms with Gasteiger partial charge in [-0.15, -0.1) is 0 Å². The lowest BCUT2D eigenvalue weighted by Gasteiger charge is -2.33. The Kier molecular flexibility index (Phi) is 5.31. The summed E-state index contributed by atoms with van der Waals surface area (Å²) in [6, 6.07) is 23.4. The molecule has 5 heteroatoms. The molecule has 1 fully saturated rings. The molecule has 1 aliphatic rings. The normalized spacial score (nSPS) is 16.3. The van der Waals surface area contributed by atoms with Crippen LogP contribution in [0.4, 0.5) is 0 Å². The number of rotatable bonds is 3. The molecule has 0 radical (unpaired) electrons. The SMILES string of the molecule is Cc1ccc2nc(C(=O)N3CCCC(NC(=O)c4ccc5ccccc5c4)C3)ccc2c1. The first-order valence-corrected chi connectivity index (χ1v) is 11.0. The number of pyridine rings is 1. The van der Waals surface area contributed by atoms with Crippen molar-refractivity contribution in [1.29, 1.82) is 0 Å². The van der Waals surface area contributed by atoms with Crippen LogP contribution in [0.15, 0.2) is 72.8 Å². The number of amides is 2. The molecule has 4 aromatic rings. The van der Waals surface area contributed by atoms with Gasteiger partial charge in [-0.05, 0) is 60.9 Å². The van der Waals surface area contributed by atoms with Gasteiger partial charge in [0.1, 0.15) is 5.69 Å². The summed E-state index contributed by atoms with van der Waals surface area (Å²) in [6.07, 6.45) is 1.70. The number of carbonyl (C=O) groups excluding carboxylic acids is 2. The van der Waals surface area contributed by atoms with Gasteiger partial charge < -0.3 is 10.2 Å². The monoisotopic (exact) mass is 423 g/mol. The van der Waals surface area contributed by atoms with E-state index in [-0.39, 0.29) is 17.9 Å². The van der Waals surface area contributed by atoms with Gasteiger partial charge >= 0.3 is 0 Å². The molecule has 5 rings (SSSR count). The fourth-order valence-electron chi connectivity index (χ4n) is 4.40.